The molecule has 58 valence electrons. The average molecular weight is 140 g/mol. The molecule has 0 bridgehead atoms. The van der Waals surface area contributed by atoms with Crippen molar-refractivity contribution in [3.63, 3.8) is 0 Å². The van der Waals surface area contributed by atoms with Crippen molar-refractivity contribution in [3.8, 4) is 0 Å². The van der Waals surface area contributed by atoms with Crippen LogP contribution in [0.4, 0.5) is 0 Å². The maximum Gasteiger partial charge on any atom is 0.0261 e. The van der Waals surface area contributed by atoms with Crippen LogP contribution in [-0.4, -0.2) is 20.1 Å². The SMILES string of the molecule is C=CC(=C)NCCCNC. The van der Waals surface area contributed by atoms with E-state index in [1.54, 1.807) is 6.08 Å². The van der Waals surface area contributed by atoms with E-state index < -0.39 is 0 Å². The fraction of sp³-hybridized carbons (Fsp3) is 0.500. The molecule has 0 rings (SSSR count). The summed E-state index contributed by atoms with van der Waals surface area (Å²) in [7, 11) is 1.95. The van der Waals surface area contributed by atoms with Crippen LogP contribution >= 0.6 is 0 Å². The van der Waals surface area contributed by atoms with E-state index >= 15 is 0 Å². The summed E-state index contributed by atoms with van der Waals surface area (Å²) in [5.74, 6) is 0. The minimum atomic E-state index is 0.899. The van der Waals surface area contributed by atoms with Crippen LogP contribution in [0.5, 0.6) is 0 Å². The Labute approximate surface area is 63.0 Å². The highest BCUT2D eigenvalue weighted by atomic mass is 14.9. The van der Waals surface area contributed by atoms with Gasteiger partial charge in [0.25, 0.3) is 0 Å². The van der Waals surface area contributed by atoms with Crippen LogP contribution < -0.4 is 10.6 Å². The molecule has 0 aromatic carbocycles. The summed E-state index contributed by atoms with van der Waals surface area (Å²) in [6.45, 7) is 9.31. The van der Waals surface area contributed by atoms with E-state index in [0.717, 1.165) is 25.2 Å². The molecule has 0 aliphatic rings. The average Bonchev–Trinajstić information content (AvgIpc) is 1.98. The first kappa shape index (κ1) is 9.24. The molecule has 2 N–H and O–H groups in total. The van der Waals surface area contributed by atoms with Gasteiger partial charge in [0.1, 0.15) is 0 Å². The minimum Gasteiger partial charge on any atom is -0.385 e. The van der Waals surface area contributed by atoms with Crippen molar-refractivity contribution in [3.05, 3.63) is 24.9 Å². The van der Waals surface area contributed by atoms with Crippen molar-refractivity contribution in [1.29, 1.82) is 0 Å². The Morgan fingerprint density at radius 2 is 2.20 bits per heavy atom. The second-order valence-corrected chi connectivity index (χ2v) is 2.11. The molecule has 0 saturated heterocycles. The fourth-order valence-electron chi connectivity index (χ4n) is 0.586. The first-order chi connectivity index (χ1) is 4.81. The van der Waals surface area contributed by atoms with E-state index in [0.29, 0.717) is 0 Å². The molecule has 2 heteroatoms. The molecule has 0 atom stereocenters. The second kappa shape index (κ2) is 6.36. The molecular weight excluding hydrogens is 124 g/mol. The highest BCUT2D eigenvalue weighted by Crippen LogP contribution is 1.83. The molecule has 0 aliphatic heterocycles. The molecule has 0 aromatic heterocycles. The lowest BCUT2D eigenvalue weighted by Crippen LogP contribution is -2.17. The number of rotatable bonds is 6. The van der Waals surface area contributed by atoms with Gasteiger partial charge in [-0.1, -0.05) is 13.2 Å². The maximum atomic E-state index is 3.72. The predicted molar refractivity (Wildman–Crippen MR) is 45.9 cm³/mol. The van der Waals surface area contributed by atoms with Crippen LogP contribution in [0.3, 0.4) is 0 Å². The third kappa shape index (κ3) is 5.38. The standard InChI is InChI=1S/C8H16N2/c1-4-8(2)10-7-5-6-9-3/h4,9-10H,1-2,5-7H2,3H3. The zero-order chi connectivity index (χ0) is 7.82. The number of hydrogen-bond acceptors (Lipinski definition) is 2. The van der Waals surface area contributed by atoms with E-state index in [2.05, 4.69) is 23.8 Å². The van der Waals surface area contributed by atoms with Crippen molar-refractivity contribution in [2.24, 2.45) is 0 Å². The Hall–Kier alpha value is -0.760. The molecule has 10 heavy (non-hydrogen) atoms. The van der Waals surface area contributed by atoms with Crippen LogP contribution in [0.15, 0.2) is 24.9 Å². The first-order valence-corrected chi connectivity index (χ1v) is 3.51. The number of hydrogen-bond donors (Lipinski definition) is 2. The first-order valence-electron chi connectivity index (χ1n) is 3.51. The van der Waals surface area contributed by atoms with Gasteiger partial charge >= 0.3 is 0 Å². The van der Waals surface area contributed by atoms with Crippen molar-refractivity contribution in [2.45, 2.75) is 6.42 Å². The second-order valence-electron chi connectivity index (χ2n) is 2.11. The van der Waals surface area contributed by atoms with Gasteiger partial charge < -0.3 is 10.6 Å². The smallest absolute Gasteiger partial charge is 0.0261 e. The summed E-state index contributed by atoms with van der Waals surface area (Å²) in [6, 6.07) is 0. The lowest BCUT2D eigenvalue weighted by atomic mass is 10.4. The summed E-state index contributed by atoms with van der Waals surface area (Å²) in [4.78, 5) is 0. The third-order valence-corrected chi connectivity index (χ3v) is 1.20. The Balaban J connectivity index is 3.03. The largest absolute Gasteiger partial charge is 0.385 e. The summed E-state index contributed by atoms with van der Waals surface area (Å²) < 4.78 is 0. The lowest BCUT2D eigenvalue weighted by Gasteiger charge is -2.03. The van der Waals surface area contributed by atoms with Crippen molar-refractivity contribution >= 4 is 0 Å². The highest BCUT2D eigenvalue weighted by molar-refractivity contribution is 5.07. The third-order valence-electron chi connectivity index (χ3n) is 1.20. The van der Waals surface area contributed by atoms with Crippen LogP contribution in [0.25, 0.3) is 0 Å². The topological polar surface area (TPSA) is 24.1 Å². The zero-order valence-electron chi connectivity index (χ0n) is 6.61. The van der Waals surface area contributed by atoms with E-state index in [-0.39, 0.29) is 0 Å². The van der Waals surface area contributed by atoms with Gasteiger partial charge in [0.05, 0.1) is 0 Å². The van der Waals surface area contributed by atoms with Gasteiger partial charge in [-0.05, 0) is 26.1 Å². The van der Waals surface area contributed by atoms with E-state index in [9.17, 15) is 0 Å². The molecule has 2 nitrogen and oxygen atoms in total. The molecule has 0 fully saturated rings. The van der Waals surface area contributed by atoms with E-state index in [1.165, 1.54) is 0 Å². The van der Waals surface area contributed by atoms with Crippen LogP contribution in [0, 0.1) is 0 Å². The number of allylic oxidation sites excluding steroid dienone is 1. The maximum absolute atomic E-state index is 3.72. The van der Waals surface area contributed by atoms with E-state index in [1.807, 2.05) is 7.05 Å². The van der Waals surface area contributed by atoms with Crippen molar-refractivity contribution in [1.82, 2.24) is 10.6 Å². The van der Waals surface area contributed by atoms with Gasteiger partial charge in [-0.3, -0.25) is 0 Å². The summed E-state index contributed by atoms with van der Waals surface area (Å²) in [6.07, 6.45) is 2.84. The molecule has 0 amide bonds. The van der Waals surface area contributed by atoms with Gasteiger partial charge in [-0.15, -0.1) is 0 Å². The van der Waals surface area contributed by atoms with Crippen LogP contribution in [0.2, 0.25) is 0 Å². The van der Waals surface area contributed by atoms with Crippen molar-refractivity contribution < 1.29 is 0 Å². The van der Waals surface area contributed by atoms with Gasteiger partial charge in [-0.2, -0.15) is 0 Å². The van der Waals surface area contributed by atoms with Crippen molar-refractivity contribution in [2.75, 3.05) is 20.1 Å². The molecule has 0 spiro atoms. The van der Waals surface area contributed by atoms with E-state index in [4.69, 9.17) is 0 Å². The van der Waals surface area contributed by atoms with Gasteiger partial charge in [0.2, 0.25) is 0 Å². The Morgan fingerprint density at radius 1 is 1.50 bits per heavy atom. The van der Waals surface area contributed by atoms with Crippen LogP contribution in [0.1, 0.15) is 6.42 Å². The summed E-state index contributed by atoms with van der Waals surface area (Å²) >= 11 is 0. The Bertz CT molecular complexity index is 108. The number of nitrogens with one attached hydrogen (secondary N) is 2. The molecule has 0 aromatic rings. The quantitative estimate of drug-likeness (QED) is 0.423. The highest BCUT2D eigenvalue weighted by Gasteiger charge is 1.84. The van der Waals surface area contributed by atoms with Gasteiger partial charge in [0.15, 0.2) is 0 Å². The molecule has 0 heterocycles. The summed E-state index contributed by atoms with van der Waals surface area (Å²) in [5.41, 5.74) is 0.899. The lowest BCUT2D eigenvalue weighted by molar-refractivity contribution is 0.683. The molecule has 0 unspecified atom stereocenters. The normalized spacial score (nSPS) is 8.90. The van der Waals surface area contributed by atoms with Gasteiger partial charge in [-0.25, -0.2) is 0 Å². The zero-order valence-corrected chi connectivity index (χ0v) is 6.61. The Morgan fingerprint density at radius 3 is 2.70 bits per heavy atom. The molecule has 0 saturated carbocycles. The monoisotopic (exact) mass is 140 g/mol. The molecular formula is C8H16N2. The summed E-state index contributed by atoms with van der Waals surface area (Å²) in [5, 5.41) is 6.18. The Kier molecular flexibility index (Phi) is 5.88. The van der Waals surface area contributed by atoms with Crippen LogP contribution in [-0.2, 0) is 0 Å². The molecule has 0 radical (unpaired) electrons. The minimum absolute atomic E-state index is 0.899. The predicted octanol–water partition coefficient (Wildman–Crippen LogP) is 0.885. The molecule has 0 aliphatic carbocycles. The van der Waals surface area contributed by atoms with Gasteiger partial charge in [0, 0.05) is 12.2 Å². The fourth-order valence-corrected chi connectivity index (χ4v) is 0.586.